The summed E-state index contributed by atoms with van der Waals surface area (Å²) in [4.78, 5) is 12.1. The van der Waals surface area contributed by atoms with E-state index in [0.29, 0.717) is 16.2 Å². The molecular formula is C20H18ClNO4S. The fraction of sp³-hybridized carbons (Fsp3) is 0.250. The van der Waals surface area contributed by atoms with Crippen LogP contribution in [-0.4, -0.2) is 19.8 Å². The molecule has 0 saturated carbocycles. The van der Waals surface area contributed by atoms with Crippen molar-refractivity contribution < 1.29 is 12.8 Å². The molecule has 1 aliphatic rings. The second kappa shape index (κ2) is 6.78. The molecule has 0 N–H and O–H groups in total. The monoisotopic (exact) mass is 403 g/mol. The molecule has 0 aliphatic heterocycles. The maximum absolute atomic E-state index is 12.9. The van der Waals surface area contributed by atoms with Crippen LogP contribution in [0.1, 0.15) is 23.1 Å². The van der Waals surface area contributed by atoms with Crippen LogP contribution in [0.25, 0.3) is 11.0 Å². The molecule has 0 fully saturated rings. The third kappa shape index (κ3) is 3.40. The molecule has 1 aromatic heterocycles. The Morgan fingerprint density at radius 1 is 1.11 bits per heavy atom. The summed E-state index contributed by atoms with van der Waals surface area (Å²) in [6.07, 6.45) is 3.04. The Kier molecular flexibility index (Phi) is 4.58. The number of halogens is 1. The Bertz CT molecular complexity index is 1200. The number of sulfonamides is 1. The van der Waals surface area contributed by atoms with Gasteiger partial charge in [0.1, 0.15) is 5.58 Å². The quantitative estimate of drug-likeness (QED) is 0.622. The van der Waals surface area contributed by atoms with Gasteiger partial charge >= 0.3 is 5.63 Å². The predicted molar refractivity (Wildman–Crippen MR) is 105 cm³/mol. The van der Waals surface area contributed by atoms with Gasteiger partial charge in [-0.15, -0.1) is 0 Å². The van der Waals surface area contributed by atoms with Gasteiger partial charge in [0.2, 0.25) is 10.0 Å². The van der Waals surface area contributed by atoms with Crippen LogP contribution in [0.4, 0.5) is 0 Å². The average Bonchev–Trinajstić information content (AvgIpc) is 3.07. The smallest absolute Gasteiger partial charge is 0.336 e. The highest BCUT2D eigenvalue weighted by atomic mass is 35.5. The zero-order valence-corrected chi connectivity index (χ0v) is 16.3. The van der Waals surface area contributed by atoms with Gasteiger partial charge in [-0.05, 0) is 66.3 Å². The van der Waals surface area contributed by atoms with Gasteiger partial charge < -0.3 is 4.42 Å². The normalized spacial score (nSPS) is 14.0. The summed E-state index contributed by atoms with van der Waals surface area (Å²) in [5.41, 5.74) is 3.08. The minimum Gasteiger partial charge on any atom is -0.423 e. The van der Waals surface area contributed by atoms with Gasteiger partial charge in [-0.1, -0.05) is 17.7 Å². The summed E-state index contributed by atoms with van der Waals surface area (Å²) in [5.74, 6) is 0. The van der Waals surface area contributed by atoms with Gasteiger partial charge in [0.05, 0.1) is 4.90 Å². The molecular weight excluding hydrogens is 386 g/mol. The molecule has 140 valence electrons. The average molecular weight is 404 g/mol. The summed E-state index contributed by atoms with van der Waals surface area (Å²) < 4.78 is 32.3. The summed E-state index contributed by atoms with van der Waals surface area (Å²) in [5, 5.41) is 1.13. The van der Waals surface area contributed by atoms with Crippen LogP contribution in [0, 0.1) is 0 Å². The van der Waals surface area contributed by atoms with Crippen molar-refractivity contribution in [2.24, 2.45) is 0 Å². The van der Waals surface area contributed by atoms with E-state index in [4.69, 9.17) is 16.0 Å². The highest BCUT2D eigenvalue weighted by Crippen LogP contribution is 2.29. The lowest BCUT2D eigenvalue weighted by atomic mass is 10.0. The van der Waals surface area contributed by atoms with Crippen molar-refractivity contribution in [3.63, 3.8) is 0 Å². The standard InChI is InChI=1S/C20H18ClNO4S/c1-22(27(24,25)17-7-3-6-16(21)11-17)12-15-10-20(23)26-19-9-14-5-2-4-13(14)8-18(15)19/h3,6-11H,2,4-5,12H2,1H3. The first kappa shape index (κ1) is 18.2. The number of nitrogens with zero attached hydrogens (tertiary/aromatic N) is 1. The lowest BCUT2D eigenvalue weighted by Gasteiger charge is -2.18. The minimum atomic E-state index is -3.74. The molecule has 0 radical (unpaired) electrons. The SMILES string of the molecule is CN(Cc1cc(=O)oc2cc3c(cc12)CCC3)S(=O)(=O)c1cccc(Cl)c1. The van der Waals surface area contributed by atoms with Crippen LogP contribution in [-0.2, 0) is 29.4 Å². The molecule has 0 unspecified atom stereocenters. The molecule has 1 heterocycles. The summed E-state index contributed by atoms with van der Waals surface area (Å²) >= 11 is 5.93. The van der Waals surface area contributed by atoms with Crippen molar-refractivity contribution in [1.29, 1.82) is 0 Å². The minimum absolute atomic E-state index is 0.0652. The maximum Gasteiger partial charge on any atom is 0.336 e. The third-order valence-electron chi connectivity index (χ3n) is 4.94. The fourth-order valence-corrected chi connectivity index (χ4v) is 5.01. The van der Waals surface area contributed by atoms with Gasteiger partial charge in [-0.25, -0.2) is 13.2 Å². The van der Waals surface area contributed by atoms with Gasteiger partial charge in [0.25, 0.3) is 0 Å². The Balaban J connectivity index is 1.76. The number of hydrogen-bond acceptors (Lipinski definition) is 4. The molecule has 4 rings (SSSR count). The Labute approximate surface area is 162 Å². The zero-order valence-electron chi connectivity index (χ0n) is 14.7. The van der Waals surface area contributed by atoms with Gasteiger partial charge in [-0.3, -0.25) is 0 Å². The fourth-order valence-electron chi connectivity index (χ4n) is 3.56. The van der Waals surface area contributed by atoms with Crippen molar-refractivity contribution in [2.75, 3.05) is 7.05 Å². The zero-order chi connectivity index (χ0) is 19.2. The Morgan fingerprint density at radius 2 is 1.85 bits per heavy atom. The van der Waals surface area contributed by atoms with Crippen LogP contribution >= 0.6 is 11.6 Å². The van der Waals surface area contributed by atoms with Crippen LogP contribution in [0.5, 0.6) is 0 Å². The van der Waals surface area contributed by atoms with E-state index in [1.165, 1.54) is 40.7 Å². The molecule has 0 bridgehead atoms. The summed E-state index contributed by atoms with van der Waals surface area (Å²) in [7, 11) is -2.25. The first-order chi connectivity index (χ1) is 12.8. The van der Waals surface area contributed by atoms with E-state index < -0.39 is 15.6 Å². The van der Waals surface area contributed by atoms with E-state index in [1.54, 1.807) is 12.1 Å². The van der Waals surface area contributed by atoms with Crippen molar-refractivity contribution in [2.45, 2.75) is 30.7 Å². The molecule has 27 heavy (non-hydrogen) atoms. The van der Waals surface area contributed by atoms with Gasteiger partial charge in [0.15, 0.2) is 0 Å². The lowest BCUT2D eigenvalue weighted by Crippen LogP contribution is -2.27. The second-order valence-corrected chi connectivity index (χ2v) is 9.26. The van der Waals surface area contributed by atoms with Gasteiger partial charge in [0, 0.05) is 30.1 Å². The topological polar surface area (TPSA) is 67.6 Å². The van der Waals surface area contributed by atoms with Crippen LogP contribution < -0.4 is 5.63 Å². The summed E-state index contributed by atoms with van der Waals surface area (Å²) in [6.45, 7) is 0.0652. The Morgan fingerprint density at radius 3 is 2.59 bits per heavy atom. The molecule has 2 aromatic carbocycles. The van der Waals surface area contributed by atoms with E-state index in [0.717, 1.165) is 24.6 Å². The second-order valence-electron chi connectivity index (χ2n) is 6.78. The highest BCUT2D eigenvalue weighted by Gasteiger charge is 2.23. The summed E-state index contributed by atoms with van der Waals surface area (Å²) in [6, 6.07) is 11.4. The van der Waals surface area contributed by atoms with E-state index >= 15 is 0 Å². The predicted octanol–water partition coefficient (Wildman–Crippen LogP) is 3.76. The van der Waals surface area contributed by atoms with Crippen LogP contribution in [0.15, 0.2) is 56.6 Å². The van der Waals surface area contributed by atoms with Crippen LogP contribution in [0.3, 0.4) is 0 Å². The molecule has 0 spiro atoms. The first-order valence-electron chi connectivity index (χ1n) is 8.65. The molecule has 0 amide bonds. The van der Waals surface area contributed by atoms with E-state index in [2.05, 4.69) is 0 Å². The molecule has 0 atom stereocenters. The van der Waals surface area contributed by atoms with E-state index in [9.17, 15) is 13.2 Å². The number of fused-ring (bicyclic) bond motifs is 2. The van der Waals surface area contributed by atoms with E-state index in [-0.39, 0.29) is 11.4 Å². The number of benzene rings is 2. The maximum atomic E-state index is 12.9. The largest absolute Gasteiger partial charge is 0.423 e. The Hall–Kier alpha value is -2.15. The number of aryl methyl sites for hydroxylation is 2. The lowest BCUT2D eigenvalue weighted by molar-refractivity contribution is 0.465. The molecule has 5 nitrogen and oxygen atoms in total. The highest BCUT2D eigenvalue weighted by molar-refractivity contribution is 7.89. The van der Waals surface area contributed by atoms with Crippen molar-refractivity contribution in [3.05, 3.63) is 74.6 Å². The van der Waals surface area contributed by atoms with Crippen LogP contribution in [0.2, 0.25) is 5.02 Å². The van der Waals surface area contributed by atoms with Crippen molar-refractivity contribution in [1.82, 2.24) is 4.31 Å². The third-order valence-corrected chi connectivity index (χ3v) is 6.97. The van der Waals surface area contributed by atoms with Gasteiger partial charge in [-0.2, -0.15) is 4.31 Å². The molecule has 3 aromatic rings. The van der Waals surface area contributed by atoms with Crippen molar-refractivity contribution >= 4 is 32.6 Å². The first-order valence-corrected chi connectivity index (χ1v) is 10.5. The molecule has 1 aliphatic carbocycles. The molecule has 0 saturated heterocycles. The van der Waals surface area contributed by atoms with E-state index in [1.807, 2.05) is 12.1 Å². The van der Waals surface area contributed by atoms with Crippen molar-refractivity contribution in [3.8, 4) is 0 Å². The molecule has 7 heteroatoms. The number of hydrogen-bond donors (Lipinski definition) is 0. The number of rotatable bonds is 4.